The van der Waals surface area contributed by atoms with Gasteiger partial charge in [-0.3, -0.25) is 9.89 Å². The molecule has 106 valence electrons. The Kier molecular flexibility index (Phi) is 5.45. The molecule has 0 spiro atoms. The number of guanidine groups is 1. The molecule has 0 radical (unpaired) electrons. The molecular formula is C15H26N4. The van der Waals surface area contributed by atoms with Crippen LogP contribution in [-0.4, -0.2) is 61.6 Å². The molecule has 1 unspecified atom stereocenters. The fraction of sp³-hybridized carbons (Fsp3) is 0.667. The summed E-state index contributed by atoms with van der Waals surface area (Å²) in [5, 5.41) is 3.45. The average molecular weight is 262 g/mol. The summed E-state index contributed by atoms with van der Waals surface area (Å²) in [4.78, 5) is 9.34. The van der Waals surface area contributed by atoms with Gasteiger partial charge in [-0.05, 0) is 19.8 Å². The zero-order chi connectivity index (χ0) is 13.5. The van der Waals surface area contributed by atoms with Crippen LogP contribution in [0.2, 0.25) is 0 Å². The maximum Gasteiger partial charge on any atom is 0.193 e. The number of hydrogen-bond acceptors (Lipinski definition) is 2. The van der Waals surface area contributed by atoms with Gasteiger partial charge in [0.15, 0.2) is 5.96 Å². The van der Waals surface area contributed by atoms with Gasteiger partial charge in [-0.1, -0.05) is 24.3 Å². The highest BCUT2D eigenvalue weighted by Crippen LogP contribution is 2.17. The van der Waals surface area contributed by atoms with Crippen molar-refractivity contribution in [2.24, 2.45) is 4.99 Å². The van der Waals surface area contributed by atoms with E-state index in [2.05, 4.69) is 51.3 Å². The minimum atomic E-state index is 0.684. The molecule has 0 aliphatic carbocycles. The van der Waals surface area contributed by atoms with Crippen LogP contribution in [-0.2, 0) is 0 Å². The predicted molar refractivity (Wildman–Crippen MR) is 81.5 cm³/mol. The molecule has 0 aromatic rings. The first-order valence-electron chi connectivity index (χ1n) is 7.31. The monoisotopic (exact) mass is 262 g/mol. The lowest BCUT2D eigenvalue weighted by atomic mass is 10.2. The number of nitrogens with one attached hydrogen (secondary N) is 1. The van der Waals surface area contributed by atoms with Crippen molar-refractivity contribution in [3.05, 3.63) is 24.3 Å². The zero-order valence-corrected chi connectivity index (χ0v) is 12.2. The van der Waals surface area contributed by atoms with E-state index < -0.39 is 0 Å². The minimum absolute atomic E-state index is 0.684. The number of nitrogens with zero attached hydrogens (tertiary/aromatic N) is 3. The van der Waals surface area contributed by atoms with Crippen molar-refractivity contribution in [1.29, 1.82) is 0 Å². The molecule has 0 amide bonds. The normalized spacial score (nSPS) is 24.8. The van der Waals surface area contributed by atoms with Crippen molar-refractivity contribution >= 4 is 5.96 Å². The van der Waals surface area contributed by atoms with Crippen LogP contribution < -0.4 is 5.32 Å². The average Bonchev–Trinajstić information content (AvgIpc) is 3.09. The number of likely N-dealkylation sites (tertiary alicyclic amines) is 1. The third-order valence-electron chi connectivity index (χ3n) is 3.87. The highest BCUT2D eigenvalue weighted by molar-refractivity contribution is 5.80. The van der Waals surface area contributed by atoms with Gasteiger partial charge in [0.25, 0.3) is 0 Å². The molecule has 2 rings (SSSR count). The number of aliphatic imine (C=N–C) groups is 1. The van der Waals surface area contributed by atoms with Crippen LogP contribution in [0.15, 0.2) is 29.3 Å². The molecule has 0 saturated carbocycles. The smallest absolute Gasteiger partial charge is 0.193 e. The van der Waals surface area contributed by atoms with Crippen LogP contribution >= 0.6 is 0 Å². The van der Waals surface area contributed by atoms with Gasteiger partial charge in [0.2, 0.25) is 0 Å². The van der Waals surface area contributed by atoms with Gasteiger partial charge < -0.3 is 10.2 Å². The highest BCUT2D eigenvalue weighted by atomic mass is 15.3. The van der Waals surface area contributed by atoms with Crippen molar-refractivity contribution in [2.75, 3.05) is 39.8 Å². The molecule has 1 fully saturated rings. The molecule has 2 heterocycles. The Labute approximate surface area is 116 Å². The van der Waals surface area contributed by atoms with E-state index in [1.165, 1.54) is 6.42 Å². The number of rotatable bonds is 4. The van der Waals surface area contributed by atoms with E-state index in [9.17, 15) is 0 Å². The van der Waals surface area contributed by atoms with Crippen molar-refractivity contribution in [3.63, 3.8) is 0 Å². The Morgan fingerprint density at radius 2 is 2.21 bits per heavy atom. The largest absolute Gasteiger partial charge is 0.356 e. The third-order valence-corrected chi connectivity index (χ3v) is 3.87. The first-order valence-corrected chi connectivity index (χ1v) is 7.31. The highest BCUT2D eigenvalue weighted by Gasteiger charge is 2.29. The lowest BCUT2D eigenvalue weighted by Gasteiger charge is -2.25. The second kappa shape index (κ2) is 7.34. The van der Waals surface area contributed by atoms with Crippen LogP contribution in [0.4, 0.5) is 0 Å². The molecule has 4 heteroatoms. The SMILES string of the molecule is C/C=C/CCNC(=NC)N1CCC(N2CC=CC2)C1. The molecule has 1 saturated heterocycles. The van der Waals surface area contributed by atoms with Crippen LogP contribution in [0.1, 0.15) is 19.8 Å². The molecule has 1 atom stereocenters. The standard InChI is InChI=1S/C15H26N4/c1-3-4-5-9-17-15(16-2)19-12-8-14(13-19)18-10-6-7-11-18/h3-4,6-7,14H,5,8-13H2,1-2H3,(H,16,17)/b4-3+. The van der Waals surface area contributed by atoms with E-state index in [0.29, 0.717) is 6.04 Å². The summed E-state index contributed by atoms with van der Waals surface area (Å²) < 4.78 is 0. The summed E-state index contributed by atoms with van der Waals surface area (Å²) >= 11 is 0. The molecule has 2 aliphatic heterocycles. The zero-order valence-electron chi connectivity index (χ0n) is 12.2. The summed E-state index contributed by atoms with van der Waals surface area (Å²) in [7, 11) is 1.88. The van der Waals surface area contributed by atoms with E-state index >= 15 is 0 Å². The lowest BCUT2D eigenvalue weighted by Crippen LogP contribution is -2.43. The van der Waals surface area contributed by atoms with E-state index in [4.69, 9.17) is 0 Å². The van der Waals surface area contributed by atoms with Crippen molar-refractivity contribution in [2.45, 2.75) is 25.8 Å². The Hall–Kier alpha value is -1.29. The second-order valence-electron chi connectivity index (χ2n) is 5.15. The minimum Gasteiger partial charge on any atom is -0.356 e. The van der Waals surface area contributed by atoms with Crippen LogP contribution in [0.25, 0.3) is 0 Å². The first kappa shape index (κ1) is 14.1. The van der Waals surface area contributed by atoms with Gasteiger partial charge in [0.1, 0.15) is 0 Å². The maximum absolute atomic E-state index is 4.40. The molecule has 4 nitrogen and oxygen atoms in total. The van der Waals surface area contributed by atoms with Gasteiger partial charge in [0.05, 0.1) is 0 Å². The summed E-state index contributed by atoms with van der Waals surface area (Å²) in [6, 6.07) is 0.684. The quantitative estimate of drug-likeness (QED) is 0.360. The lowest BCUT2D eigenvalue weighted by molar-refractivity contribution is 0.259. The summed E-state index contributed by atoms with van der Waals surface area (Å²) in [5.41, 5.74) is 0. The second-order valence-corrected chi connectivity index (χ2v) is 5.15. The Bertz CT molecular complexity index is 351. The number of allylic oxidation sites excluding steroid dienone is 1. The van der Waals surface area contributed by atoms with Crippen molar-refractivity contribution in [1.82, 2.24) is 15.1 Å². The van der Waals surface area contributed by atoms with Crippen LogP contribution in [0.3, 0.4) is 0 Å². The van der Waals surface area contributed by atoms with Gasteiger partial charge in [-0.2, -0.15) is 0 Å². The molecule has 19 heavy (non-hydrogen) atoms. The molecular weight excluding hydrogens is 236 g/mol. The van der Waals surface area contributed by atoms with Gasteiger partial charge in [0, 0.05) is 45.8 Å². The molecule has 0 bridgehead atoms. The molecule has 0 aromatic carbocycles. The predicted octanol–water partition coefficient (Wildman–Crippen LogP) is 1.47. The van der Waals surface area contributed by atoms with Crippen molar-refractivity contribution < 1.29 is 0 Å². The molecule has 0 aromatic heterocycles. The van der Waals surface area contributed by atoms with Gasteiger partial charge >= 0.3 is 0 Å². The molecule has 1 N–H and O–H groups in total. The summed E-state index contributed by atoms with van der Waals surface area (Å²) in [6.45, 7) is 7.47. The van der Waals surface area contributed by atoms with E-state index in [1.54, 1.807) is 0 Å². The third kappa shape index (κ3) is 3.83. The maximum atomic E-state index is 4.40. The van der Waals surface area contributed by atoms with Crippen LogP contribution in [0.5, 0.6) is 0 Å². The Morgan fingerprint density at radius 1 is 1.42 bits per heavy atom. The fourth-order valence-electron chi connectivity index (χ4n) is 2.79. The first-order chi connectivity index (χ1) is 9.35. The fourth-order valence-corrected chi connectivity index (χ4v) is 2.79. The van der Waals surface area contributed by atoms with Crippen molar-refractivity contribution in [3.8, 4) is 0 Å². The topological polar surface area (TPSA) is 30.9 Å². The van der Waals surface area contributed by atoms with E-state index in [0.717, 1.165) is 45.1 Å². The Morgan fingerprint density at radius 3 is 2.89 bits per heavy atom. The van der Waals surface area contributed by atoms with E-state index in [-0.39, 0.29) is 0 Å². The summed E-state index contributed by atoms with van der Waals surface area (Å²) in [5.74, 6) is 1.05. The number of hydrogen-bond donors (Lipinski definition) is 1. The van der Waals surface area contributed by atoms with Gasteiger partial charge in [-0.25, -0.2) is 0 Å². The van der Waals surface area contributed by atoms with Crippen LogP contribution in [0, 0.1) is 0 Å². The van der Waals surface area contributed by atoms with E-state index in [1.807, 2.05) is 7.05 Å². The van der Waals surface area contributed by atoms with Gasteiger partial charge in [-0.15, -0.1) is 0 Å². The Balaban J connectivity index is 1.77. The summed E-state index contributed by atoms with van der Waals surface area (Å²) in [6.07, 6.45) is 11.1. The molecule has 2 aliphatic rings.